The van der Waals surface area contributed by atoms with Gasteiger partial charge in [0.15, 0.2) is 0 Å². The van der Waals surface area contributed by atoms with E-state index < -0.39 is 28.1 Å². The average Bonchev–Trinajstić information content (AvgIpc) is 2.90. The fraction of sp³-hybridized carbons (Fsp3) is 0.235. The van der Waals surface area contributed by atoms with Crippen LogP contribution in [-0.4, -0.2) is 60.1 Å². The maximum absolute atomic E-state index is 13.1. The fourth-order valence-electron chi connectivity index (χ4n) is 3.20. The summed E-state index contributed by atoms with van der Waals surface area (Å²) in [6.45, 7) is 0.160. The van der Waals surface area contributed by atoms with Gasteiger partial charge >= 0.3 is 10.2 Å². The molecule has 0 saturated carbocycles. The molecule has 0 radical (unpaired) electrons. The molecule has 4 rings (SSSR count). The highest BCUT2D eigenvalue weighted by Crippen LogP contribution is 2.22. The Balaban J connectivity index is 1.56. The second-order valence-corrected chi connectivity index (χ2v) is 7.89. The van der Waals surface area contributed by atoms with Crippen molar-refractivity contribution in [3.63, 3.8) is 0 Å². The molecule has 140 valence electrons. The molecule has 27 heavy (non-hydrogen) atoms. The van der Waals surface area contributed by atoms with Gasteiger partial charge in [0.05, 0.1) is 5.69 Å². The first-order valence-corrected chi connectivity index (χ1v) is 9.65. The predicted molar refractivity (Wildman–Crippen MR) is 93.1 cm³/mol. The molecule has 2 aromatic rings. The smallest absolute Gasteiger partial charge is 0.304 e. The number of hydrogen-bond donors (Lipinski definition) is 1. The molecule has 8 nitrogen and oxygen atoms in total. The second kappa shape index (κ2) is 6.39. The van der Waals surface area contributed by atoms with Crippen LogP contribution in [0.25, 0.3) is 11.3 Å². The number of nitrogens with zero attached hydrogens (tertiary/aromatic N) is 3. The molecule has 1 aromatic heterocycles. The van der Waals surface area contributed by atoms with E-state index in [1.807, 2.05) is 4.72 Å². The highest BCUT2D eigenvalue weighted by molar-refractivity contribution is 7.88. The van der Waals surface area contributed by atoms with Gasteiger partial charge < -0.3 is 4.90 Å². The van der Waals surface area contributed by atoms with E-state index in [0.717, 1.165) is 4.31 Å². The number of rotatable bonds is 2. The van der Waals surface area contributed by atoms with Crippen molar-refractivity contribution >= 4 is 22.0 Å². The number of amides is 2. The molecule has 10 heteroatoms. The van der Waals surface area contributed by atoms with E-state index in [4.69, 9.17) is 0 Å². The monoisotopic (exact) mass is 390 g/mol. The molecule has 2 aliphatic rings. The Morgan fingerprint density at radius 1 is 1.15 bits per heavy atom. The third kappa shape index (κ3) is 3.17. The van der Waals surface area contributed by atoms with E-state index in [2.05, 4.69) is 4.98 Å². The Bertz CT molecular complexity index is 1030. The van der Waals surface area contributed by atoms with Gasteiger partial charge in [-0.3, -0.25) is 9.59 Å². The summed E-state index contributed by atoms with van der Waals surface area (Å²) in [5.74, 6) is -1.40. The minimum absolute atomic E-state index is 0.0354. The minimum Gasteiger partial charge on any atom is -0.334 e. The van der Waals surface area contributed by atoms with Crippen LogP contribution in [0.15, 0.2) is 42.5 Å². The number of carbonyl (C=O) groups excluding carboxylic acids is 2. The van der Waals surface area contributed by atoms with Gasteiger partial charge in [0.25, 0.3) is 11.8 Å². The minimum atomic E-state index is -3.81. The lowest BCUT2D eigenvalue weighted by molar-refractivity contribution is -0.122. The van der Waals surface area contributed by atoms with Crippen molar-refractivity contribution in [2.75, 3.05) is 19.6 Å². The average molecular weight is 390 g/mol. The molecule has 0 spiro atoms. The number of benzene rings is 1. The molecule has 2 aliphatic heterocycles. The molecule has 2 saturated heterocycles. The van der Waals surface area contributed by atoms with Crippen LogP contribution in [0.1, 0.15) is 10.5 Å². The number of piperazine rings is 1. The Hall–Kier alpha value is -2.85. The molecule has 1 unspecified atom stereocenters. The first kappa shape index (κ1) is 17.6. The highest BCUT2D eigenvalue weighted by atomic mass is 32.2. The van der Waals surface area contributed by atoms with Crippen LogP contribution in [0.4, 0.5) is 4.39 Å². The summed E-state index contributed by atoms with van der Waals surface area (Å²) in [4.78, 5) is 30.4. The van der Waals surface area contributed by atoms with Crippen molar-refractivity contribution in [2.24, 2.45) is 0 Å². The summed E-state index contributed by atoms with van der Waals surface area (Å²) in [6.07, 6.45) is 0. The summed E-state index contributed by atoms with van der Waals surface area (Å²) < 4.78 is 39.8. The van der Waals surface area contributed by atoms with Crippen molar-refractivity contribution in [2.45, 2.75) is 6.04 Å². The SMILES string of the molecule is O=C1NS(=O)(=O)N2CCN(C(=O)c3cccc(-c4ccc(F)cc4)n3)CC12. The van der Waals surface area contributed by atoms with Gasteiger partial charge in [0.1, 0.15) is 17.6 Å². The molecule has 0 aliphatic carbocycles. The number of pyridine rings is 1. The van der Waals surface area contributed by atoms with Crippen molar-refractivity contribution < 1.29 is 22.4 Å². The molecular formula is C17H15FN4O4S. The van der Waals surface area contributed by atoms with Crippen LogP contribution >= 0.6 is 0 Å². The number of fused-ring (bicyclic) bond motifs is 1. The zero-order valence-electron chi connectivity index (χ0n) is 14.0. The Morgan fingerprint density at radius 2 is 1.89 bits per heavy atom. The zero-order valence-corrected chi connectivity index (χ0v) is 14.8. The van der Waals surface area contributed by atoms with Gasteiger partial charge in [-0.2, -0.15) is 12.7 Å². The third-order valence-corrected chi connectivity index (χ3v) is 6.08. The van der Waals surface area contributed by atoms with Crippen LogP contribution in [0.5, 0.6) is 0 Å². The summed E-state index contributed by atoms with van der Waals surface area (Å²) in [5.41, 5.74) is 1.35. The van der Waals surface area contributed by atoms with Crippen molar-refractivity contribution in [3.05, 3.63) is 54.0 Å². The van der Waals surface area contributed by atoms with Crippen LogP contribution < -0.4 is 4.72 Å². The largest absolute Gasteiger partial charge is 0.334 e. The second-order valence-electron chi connectivity index (χ2n) is 6.26. The van der Waals surface area contributed by atoms with Crippen molar-refractivity contribution in [1.82, 2.24) is 18.9 Å². The van der Waals surface area contributed by atoms with E-state index >= 15 is 0 Å². The number of hydrogen-bond acceptors (Lipinski definition) is 5. The summed E-state index contributed by atoms with van der Waals surface area (Å²) in [6, 6.07) is 9.76. The van der Waals surface area contributed by atoms with E-state index in [1.54, 1.807) is 30.3 Å². The number of nitrogens with one attached hydrogen (secondary N) is 1. The molecule has 1 atom stereocenters. The molecular weight excluding hydrogens is 375 g/mol. The van der Waals surface area contributed by atoms with E-state index in [0.29, 0.717) is 11.3 Å². The lowest BCUT2D eigenvalue weighted by Crippen LogP contribution is -2.54. The molecule has 3 heterocycles. The zero-order chi connectivity index (χ0) is 19.2. The maximum Gasteiger partial charge on any atom is 0.304 e. The molecule has 1 aromatic carbocycles. The van der Waals surface area contributed by atoms with Crippen LogP contribution in [0.2, 0.25) is 0 Å². The van der Waals surface area contributed by atoms with Crippen LogP contribution in [0.3, 0.4) is 0 Å². The summed E-state index contributed by atoms with van der Waals surface area (Å²) in [7, 11) is -3.81. The Kier molecular flexibility index (Phi) is 4.16. The quantitative estimate of drug-likeness (QED) is 0.800. The van der Waals surface area contributed by atoms with Gasteiger partial charge in [-0.1, -0.05) is 6.07 Å². The maximum atomic E-state index is 13.1. The van der Waals surface area contributed by atoms with Crippen LogP contribution in [-0.2, 0) is 15.0 Å². The first-order chi connectivity index (χ1) is 12.8. The van der Waals surface area contributed by atoms with Gasteiger partial charge in [0, 0.05) is 25.2 Å². The van der Waals surface area contributed by atoms with Crippen LogP contribution in [0, 0.1) is 5.82 Å². The fourth-order valence-corrected chi connectivity index (χ4v) is 4.53. The molecule has 0 bridgehead atoms. The van der Waals surface area contributed by atoms with Gasteiger partial charge in [-0.25, -0.2) is 14.1 Å². The first-order valence-electron chi connectivity index (χ1n) is 8.21. The third-order valence-electron chi connectivity index (χ3n) is 4.57. The Morgan fingerprint density at radius 3 is 2.63 bits per heavy atom. The number of halogens is 1. The Labute approximate surface area is 154 Å². The van der Waals surface area contributed by atoms with Gasteiger partial charge in [-0.15, -0.1) is 0 Å². The normalized spacial score (nSPS) is 21.6. The molecule has 2 amide bonds. The lowest BCUT2D eigenvalue weighted by Gasteiger charge is -2.33. The predicted octanol–water partition coefficient (Wildman–Crippen LogP) is 0.389. The van der Waals surface area contributed by atoms with E-state index in [-0.39, 0.29) is 31.1 Å². The van der Waals surface area contributed by atoms with E-state index in [9.17, 15) is 22.4 Å². The van der Waals surface area contributed by atoms with Gasteiger partial charge in [0.2, 0.25) is 0 Å². The number of aromatic nitrogens is 1. The topological polar surface area (TPSA) is 99.7 Å². The van der Waals surface area contributed by atoms with Gasteiger partial charge in [-0.05, 0) is 36.4 Å². The highest BCUT2D eigenvalue weighted by Gasteiger charge is 2.47. The lowest BCUT2D eigenvalue weighted by atomic mass is 10.1. The standard InChI is InChI=1S/C17H15FN4O4S/c18-12-6-4-11(5-7-12)13-2-1-3-14(19-13)17(24)21-8-9-22-15(10-21)16(23)20-27(22,25)26/h1-7,15H,8-10H2,(H,20,23). The van der Waals surface area contributed by atoms with E-state index in [1.165, 1.54) is 17.0 Å². The molecule has 1 N–H and O–H groups in total. The number of carbonyl (C=O) groups is 2. The summed E-state index contributed by atoms with van der Waals surface area (Å²) >= 11 is 0. The van der Waals surface area contributed by atoms with Crippen molar-refractivity contribution in [1.29, 1.82) is 0 Å². The summed E-state index contributed by atoms with van der Waals surface area (Å²) in [5, 5.41) is 0. The molecule has 2 fully saturated rings. The van der Waals surface area contributed by atoms with Crippen molar-refractivity contribution in [3.8, 4) is 11.3 Å².